The molecular formula is C42H25FN2S. The lowest BCUT2D eigenvalue weighted by molar-refractivity contribution is 0.630. The molecule has 0 aliphatic heterocycles. The summed E-state index contributed by atoms with van der Waals surface area (Å²) in [6.07, 6.45) is 0. The first-order valence-corrected chi connectivity index (χ1v) is 16.3. The molecule has 0 amide bonds. The molecule has 0 spiro atoms. The van der Waals surface area contributed by atoms with Crippen LogP contribution in [0, 0.1) is 5.82 Å². The number of benzene rings is 7. The molecule has 0 saturated carbocycles. The van der Waals surface area contributed by atoms with Gasteiger partial charge in [-0.3, -0.25) is 0 Å². The van der Waals surface area contributed by atoms with Gasteiger partial charge < -0.3 is 9.13 Å². The van der Waals surface area contributed by atoms with E-state index in [1.807, 2.05) is 6.07 Å². The highest BCUT2D eigenvalue weighted by Gasteiger charge is 2.21. The molecule has 216 valence electrons. The third-order valence-electron chi connectivity index (χ3n) is 9.38. The van der Waals surface area contributed by atoms with Gasteiger partial charge >= 0.3 is 0 Å². The van der Waals surface area contributed by atoms with Gasteiger partial charge in [-0.25, -0.2) is 4.39 Å². The molecule has 7 aromatic carbocycles. The molecule has 0 bridgehead atoms. The van der Waals surface area contributed by atoms with E-state index in [4.69, 9.17) is 0 Å². The number of rotatable bonds is 3. The summed E-state index contributed by atoms with van der Waals surface area (Å²) in [5.74, 6) is -0.200. The number of hydrogen-bond donors (Lipinski definition) is 0. The largest absolute Gasteiger partial charge is 0.309 e. The van der Waals surface area contributed by atoms with E-state index < -0.39 is 0 Å². The molecule has 0 aliphatic carbocycles. The van der Waals surface area contributed by atoms with Gasteiger partial charge in [0.05, 0.1) is 22.1 Å². The van der Waals surface area contributed by atoms with Gasteiger partial charge in [0.2, 0.25) is 0 Å². The van der Waals surface area contributed by atoms with Crippen molar-refractivity contribution in [3.05, 3.63) is 157 Å². The van der Waals surface area contributed by atoms with Crippen molar-refractivity contribution in [3.8, 4) is 22.5 Å². The van der Waals surface area contributed by atoms with Crippen molar-refractivity contribution in [3.63, 3.8) is 0 Å². The maximum absolute atomic E-state index is 14.1. The Kier molecular flexibility index (Phi) is 5.37. The topological polar surface area (TPSA) is 9.86 Å². The van der Waals surface area contributed by atoms with E-state index in [1.54, 1.807) is 23.5 Å². The Labute approximate surface area is 267 Å². The molecule has 3 heterocycles. The van der Waals surface area contributed by atoms with Gasteiger partial charge in [-0.15, -0.1) is 11.3 Å². The highest BCUT2D eigenvalue weighted by atomic mass is 32.1. The second-order valence-electron chi connectivity index (χ2n) is 11.9. The predicted molar refractivity (Wildman–Crippen MR) is 193 cm³/mol. The first kappa shape index (κ1) is 25.6. The lowest BCUT2D eigenvalue weighted by Crippen LogP contribution is -1.95. The highest BCUT2D eigenvalue weighted by molar-refractivity contribution is 7.26. The summed E-state index contributed by atoms with van der Waals surface area (Å²) in [5.41, 5.74) is 9.36. The molecule has 10 aromatic rings. The van der Waals surface area contributed by atoms with E-state index >= 15 is 0 Å². The summed E-state index contributed by atoms with van der Waals surface area (Å²) in [6.45, 7) is 0. The van der Waals surface area contributed by atoms with Crippen LogP contribution in [0.1, 0.15) is 0 Å². The molecule has 4 heteroatoms. The standard InChI is InChI=1S/C42H25FN2S/c43-27-19-24-39-35(25-27)33-14-8-13-30(42(33)46-39)26-17-20-29(21-18-26)45-36-15-6-4-11-31(36)32-22-23-38-40(41(32)45)34-12-5-7-16-37(34)44(38)28-9-2-1-3-10-28/h1-25H. The van der Waals surface area contributed by atoms with Gasteiger partial charge in [0.1, 0.15) is 5.82 Å². The van der Waals surface area contributed by atoms with Gasteiger partial charge in [0.15, 0.2) is 0 Å². The van der Waals surface area contributed by atoms with Crippen LogP contribution in [0.25, 0.3) is 86.3 Å². The number of hydrogen-bond acceptors (Lipinski definition) is 1. The highest BCUT2D eigenvalue weighted by Crippen LogP contribution is 2.43. The SMILES string of the molecule is Fc1ccc2sc3c(-c4ccc(-n5c6ccccc6c6ccc7c(c8ccccc8n7-c7ccccc7)c65)cc4)cccc3c2c1. The number of halogens is 1. The number of thiophene rings is 1. The van der Waals surface area contributed by atoms with Crippen LogP contribution in [0.15, 0.2) is 152 Å². The van der Waals surface area contributed by atoms with Crippen LogP contribution in [0.2, 0.25) is 0 Å². The zero-order valence-corrected chi connectivity index (χ0v) is 25.4. The van der Waals surface area contributed by atoms with Crippen LogP contribution >= 0.6 is 11.3 Å². The summed E-state index contributed by atoms with van der Waals surface area (Å²) in [5, 5.41) is 7.04. The van der Waals surface area contributed by atoms with Crippen molar-refractivity contribution in [2.75, 3.05) is 0 Å². The Bertz CT molecular complexity index is 2800. The number of aromatic nitrogens is 2. The summed E-state index contributed by atoms with van der Waals surface area (Å²) in [7, 11) is 0. The van der Waals surface area contributed by atoms with E-state index in [1.165, 1.54) is 53.9 Å². The number of fused-ring (bicyclic) bond motifs is 10. The second kappa shape index (κ2) is 9.64. The van der Waals surface area contributed by atoms with E-state index in [9.17, 15) is 4.39 Å². The van der Waals surface area contributed by atoms with Crippen LogP contribution in [-0.2, 0) is 0 Å². The van der Waals surface area contributed by atoms with E-state index in [0.29, 0.717) is 0 Å². The Hall–Kier alpha value is -5.71. The smallest absolute Gasteiger partial charge is 0.123 e. The molecule has 10 rings (SSSR count). The maximum atomic E-state index is 14.1. The molecule has 0 radical (unpaired) electrons. The van der Waals surface area contributed by atoms with E-state index in [0.717, 1.165) is 32.4 Å². The lowest BCUT2D eigenvalue weighted by atomic mass is 10.0. The average molecular weight is 609 g/mol. The molecule has 0 fully saturated rings. The van der Waals surface area contributed by atoms with E-state index in [-0.39, 0.29) is 5.82 Å². The molecule has 46 heavy (non-hydrogen) atoms. The minimum Gasteiger partial charge on any atom is -0.309 e. The third-order valence-corrected chi connectivity index (χ3v) is 10.6. The molecular weight excluding hydrogens is 584 g/mol. The van der Waals surface area contributed by atoms with Crippen molar-refractivity contribution < 1.29 is 4.39 Å². The first-order valence-electron chi connectivity index (χ1n) is 15.5. The Balaban J connectivity index is 1.24. The molecule has 2 nitrogen and oxygen atoms in total. The van der Waals surface area contributed by atoms with Crippen molar-refractivity contribution in [2.45, 2.75) is 0 Å². The van der Waals surface area contributed by atoms with E-state index in [2.05, 4.69) is 143 Å². The fourth-order valence-electron chi connectivity index (χ4n) is 7.42. The summed E-state index contributed by atoms with van der Waals surface area (Å²) < 4.78 is 21.2. The predicted octanol–water partition coefficient (Wildman–Crippen LogP) is 12.1. The van der Waals surface area contributed by atoms with Crippen molar-refractivity contribution in [1.29, 1.82) is 0 Å². The van der Waals surface area contributed by atoms with Gasteiger partial charge in [0, 0.05) is 53.1 Å². The van der Waals surface area contributed by atoms with Gasteiger partial charge in [0.25, 0.3) is 0 Å². The quantitative estimate of drug-likeness (QED) is 0.189. The molecule has 0 N–H and O–H groups in total. The molecule has 0 aliphatic rings. The van der Waals surface area contributed by atoms with Crippen LogP contribution in [-0.4, -0.2) is 9.13 Å². The minimum atomic E-state index is -0.200. The van der Waals surface area contributed by atoms with Crippen LogP contribution in [0.3, 0.4) is 0 Å². The fourth-order valence-corrected chi connectivity index (χ4v) is 8.64. The Morgan fingerprint density at radius 3 is 1.98 bits per heavy atom. The first-order chi connectivity index (χ1) is 22.7. The monoisotopic (exact) mass is 608 g/mol. The van der Waals surface area contributed by atoms with Crippen LogP contribution < -0.4 is 0 Å². The molecule has 0 unspecified atom stereocenters. The van der Waals surface area contributed by atoms with Crippen molar-refractivity contribution in [2.24, 2.45) is 0 Å². The molecule has 3 aromatic heterocycles. The van der Waals surface area contributed by atoms with Gasteiger partial charge in [-0.1, -0.05) is 91.0 Å². The summed E-state index contributed by atoms with van der Waals surface area (Å²) in [6, 6.07) is 53.0. The minimum absolute atomic E-state index is 0.200. The van der Waals surface area contributed by atoms with Gasteiger partial charge in [-0.2, -0.15) is 0 Å². The van der Waals surface area contributed by atoms with Gasteiger partial charge in [-0.05, 0) is 71.8 Å². The maximum Gasteiger partial charge on any atom is 0.123 e. The van der Waals surface area contributed by atoms with Crippen molar-refractivity contribution >= 4 is 75.1 Å². The molecule has 0 atom stereocenters. The number of para-hydroxylation sites is 3. The Morgan fingerprint density at radius 2 is 1.15 bits per heavy atom. The third kappa shape index (κ3) is 3.56. The zero-order chi connectivity index (χ0) is 30.4. The van der Waals surface area contributed by atoms with Crippen molar-refractivity contribution in [1.82, 2.24) is 9.13 Å². The average Bonchev–Trinajstić information content (AvgIpc) is 3.76. The lowest BCUT2D eigenvalue weighted by Gasteiger charge is -2.11. The second-order valence-corrected chi connectivity index (χ2v) is 12.9. The van der Waals surface area contributed by atoms with Crippen LogP contribution in [0.5, 0.6) is 0 Å². The normalized spacial score (nSPS) is 12.0. The Morgan fingerprint density at radius 1 is 0.457 bits per heavy atom. The number of nitrogens with zero attached hydrogens (tertiary/aromatic N) is 2. The summed E-state index contributed by atoms with van der Waals surface area (Å²) >= 11 is 1.73. The van der Waals surface area contributed by atoms with Crippen LogP contribution in [0.4, 0.5) is 4.39 Å². The summed E-state index contributed by atoms with van der Waals surface area (Å²) in [4.78, 5) is 0. The fraction of sp³-hybridized carbons (Fsp3) is 0. The molecule has 0 saturated heterocycles. The zero-order valence-electron chi connectivity index (χ0n) is 24.6.